The van der Waals surface area contributed by atoms with Crippen LogP contribution >= 0.6 is 0 Å². The van der Waals surface area contributed by atoms with Crippen LogP contribution in [-0.4, -0.2) is 58.6 Å². The number of pyridine rings is 1. The molecule has 1 aliphatic heterocycles. The van der Waals surface area contributed by atoms with Gasteiger partial charge >= 0.3 is 0 Å². The van der Waals surface area contributed by atoms with Gasteiger partial charge in [0.2, 0.25) is 0 Å². The maximum atomic E-state index is 5.04. The summed E-state index contributed by atoms with van der Waals surface area (Å²) in [5, 5.41) is 7.87. The van der Waals surface area contributed by atoms with E-state index in [0.717, 1.165) is 32.7 Å². The Balaban J connectivity index is 1.58. The van der Waals surface area contributed by atoms with E-state index in [2.05, 4.69) is 59.0 Å². The van der Waals surface area contributed by atoms with Crippen LogP contribution in [0.3, 0.4) is 0 Å². The van der Waals surface area contributed by atoms with Crippen LogP contribution < -0.4 is 10.6 Å². The first-order chi connectivity index (χ1) is 14.8. The van der Waals surface area contributed by atoms with Gasteiger partial charge in [-0.15, -0.1) is 0 Å². The molecule has 168 valence electrons. The van der Waals surface area contributed by atoms with Crippen molar-refractivity contribution < 1.29 is 0 Å². The van der Waals surface area contributed by atoms with E-state index >= 15 is 0 Å². The molecule has 1 aromatic rings. The van der Waals surface area contributed by atoms with E-state index in [1.807, 2.05) is 0 Å². The smallest absolute Gasteiger partial charge is 0.0545 e. The Hall–Kier alpha value is -1.01. The van der Waals surface area contributed by atoms with E-state index in [1.165, 1.54) is 62.8 Å². The molecule has 4 rings (SSSR count). The highest BCUT2D eigenvalue weighted by molar-refractivity contribution is 5.12. The number of hydrogen-bond donors (Lipinski definition) is 2. The summed E-state index contributed by atoms with van der Waals surface area (Å²) in [7, 11) is 0. The third-order valence-electron chi connectivity index (χ3n) is 7.65. The number of rotatable bonds is 2. The van der Waals surface area contributed by atoms with Crippen LogP contribution in [0.25, 0.3) is 0 Å². The van der Waals surface area contributed by atoms with Gasteiger partial charge in [-0.1, -0.05) is 38.7 Å². The largest absolute Gasteiger partial charge is 0.448 e. The molecule has 0 aromatic carbocycles. The molecule has 1 aromatic heterocycles. The second-order valence-corrected chi connectivity index (χ2v) is 9.43. The van der Waals surface area contributed by atoms with Crippen LogP contribution in [0.4, 0.5) is 0 Å². The molecule has 3 aliphatic rings. The number of nitrogens with zero attached hydrogens (tertiary/aromatic N) is 3. The SMILES string of the molecule is C[CH-]N1Cc2cccc(n2)CN[C@@H]2CCCC[C@H]2N(CC)CCN[C@@H]2CCCC[C@H]21. The van der Waals surface area contributed by atoms with Gasteiger partial charge in [-0.2, -0.15) is 6.92 Å². The first-order valence-corrected chi connectivity index (χ1v) is 12.5. The van der Waals surface area contributed by atoms with Crippen molar-refractivity contribution in [2.75, 3.05) is 19.6 Å². The first kappa shape index (κ1) is 22.2. The Morgan fingerprint density at radius 1 is 0.967 bits per heavy atom. The zero-order valence-electron chi connectivity index (χ0n) is 19.2. The van der Waals surface area contributed by atoms with E-state index in [4.69, 9.17) is 4.98 Å². The zero-order valence-corrected chi connectivity index (χ0v) is 19.2. The van der Waals surface area contributed by atoms with Crippen LogP contribution in [0.5, 0.6) is 0 Å². The van der Waals surface area contributed by atoms with Crippen molar-refractivity contribution >= 4 is 0 Å². The van der Waals surface area contributed by atoms with Gasteiger partial charge in [0.05, 0.1) is 11.4 Å². The predicted molar refractivity (Wildman–Crippen MR) is 124 cm³/mol. The molecular weight excluding hydrogens is 370 g/mol. The van der Waals surface area contributed by atoms with Gasteiger partial charge in [0.25, 0.3) is 0 Å². The monoisotopic (exact) mass is 412 g/mol. The molecule has 2 saturated carbocycles. The summed E-state index contributed by atoms with van der Waals surface area (Å²) in [6.07, 6.45) is 10.6. The fraction of sp³-hybridized carbons (Fsp3) is 0.760. The van der Waals surface area contributed by atoms with Crippen LogP contribution in [0.15, 0.2) is 18.2 Å². The van der Waals surface area contributed by atoms with Crippen LogP contribution in [-0.2, 0) is 13.1 Å². The molecular formula is C25H42N5-. The van der Waals surface area contributed by atoms with E-state index in [9.17, 15) is 0 Å². The third-order valence-corrected chi connectivity index (χ3v) is 7.65. The maximum Gasteiger partial charge on any atom is 0.0545 e. The van der Waals surface area contributed by atoms with Crippen molar-refractivity contribution in [2.45, 2.75) is 102 Å². The lowest BCUT2D eigenvalue weighted by Gasteiger charge is -2.46. The van der Waals surface area contributed by atoms with E-state index < -0.39 is 0 Å². The summed E-state index contributed by atoms with van der Waals surface area (Å²) in [6.45, 7) is 12.0. The second-order valence-electron chi connectivity index (χ2n) is 9.43. The minimum Gasteiger partial charge on any atom is -0.448 e. The number of aromatic nitrogens is 1. The standard InChI is InChI=1S/C25H42N5/c1-3-29-17-16-26-22-12-5-8-15-25(22)30(4-2)19-21-11-9-10-20(28-21)18-27-23-13-6-7-14-24(23)29/h4,9-11,22-27H,3,5-8,12-19H2,1-2H3/q-1/t22-,23-,24-,25-/m1/s1. The lowest BCUT2D eigenvalue weighted by atomic mass is 9.88. The summed E-state index contributed by atoms with van der Waals surface area (Å²) in [5.41, 5.74) is 2.38. The third kappa shape index (κ3) is 5.42. The van der Waals surface area contributed by atoms with Crippen molar-refractivity contribution in [3.05, 3.63) is 36.1 Å². The van der Waals surface area contributed by atoms with Gasteiger partial charge in [0.1, 0.15) is 0 Å². The van der Waals surface area contributed by atoms with Gasteiger partial charge in [-0.3, -0.25) is 16.4 Å². The number of likely N-dealkylation sites (N-methyl/N-ethyl adjacent to an activating group) is 1. The minimum absolute atomic E-state index is 0.579. The molecule has 2 N–H and O–H groups in total. The molecule has 2 fully saturated rings. The minimum atomic E-state index is 0.579. The van der Waals surface area contributed by atoms with E-state index in [1.54, 1.807) is 0 Å². The van der Waals surface area contributed by atoms with E-state index in [-0.39, 0.29) is 0 Å². The van der Waals surface area contributed by atoms with Crippen molar-refractivity contribution in [2.24, 2.45) is 0 Å². The fourth-order valence-corrected chi connectivity index (χ4v) is 6.02. The van der Waals surface area contributed by atoms with Gasteiger partial charge in [0.15, 0.2) is 0 Å². The normalized spacial score (nSPS) is 32.5. The molecule has 5 heteroatoms. The Kier molecular flexibility index (Phi) is 8.16. The van der Waals surface area contributed by atoms with Crippen LogP contribution in [0, 0.1) is 6.54 Å². The lowest BCUT2D eigenvalue weighted by molar-refractivity contribution is 0.116. The van der Waals surface area contributed by atoms with Gasteiger partial charge in [-0.25, -0.2) is 0 Å². The van der Waals surface area contributed by atoms with Crippen molar-refractivity contribution in [3.8, 4) is 0 Å². The number of nitrogens with one attached hydrogen (secondary N) is 2. The average Bonchev–Trinajstić information content (AvgIpc) is 2.80. The van der Waals surface area contributed by atoms with Crippen molar-refractivity contribution in [1.82, 2.24) is 25.4 Å². The molecule has 2 bridgehead atoms. The summed E-state index contributed by atoms with van der Waals surface area (Å²) in [5.74, 6) is 0. The Bertz CT molecular complexity index is 650. The second kappa shape index (κ2) is 11.0. The topological polar surface area (TPSA) is 43.4 Å². The number of hydrogen-bond acceptors (Lipinski definition) is 5. The fourth-order valence-electron chi connectivity index (χ4n) is 6.02. The highest BCUT2D eigenvalue weighted by atomic mass is 15.2. The van der Waals surface area contributed by atoms with Gasteiger partial charge in [-0.05, 0) is 50.4 Å². The molecule has 0 unspecified atom stereocenters. The summed E-state index contributed by atoms with van der Waals surface area (Å²) >= 11 is 0. The molecule has 2 aliphatic carbocycles. The summed E-state index contributed by atoms with van der Waals surface area (Å²) in [6, 6.07) is 8.98. The maximum absolute atomic E-state index is 5.04. The molecule has 4 atom stereocenters. The number of fused-ring (bicyclic) bond motifs is 4. The molecule has 0 spiro atoms. The first-order valence-electron chi connectivity index (χ1n) is 12.5. The zero-order chi connectivity index (χ0) is 20.8. The molecule has 0 amide bonds. The van der Waals surface area contributed by atoms with Crippen LogP contribution in [0.2, 0.25) is 0 Å². The Morgan fingerprint density at radius 3 is 2.43 bits per heavy atom. The summed E-state index contributed by atoms with van der Waals surface area (Å²) in [4.78, 5) is 10.3. The lowest BCUT2D eigenvalue weighted by Crippen LogP contribution is -2.55. The highest BCUT2D eigenvalue weighted by Crippen LogP contribution is 2.27. The Morgan fingerprint density at radius 2 is 1.67 bits per heavy atom. The van der Waals surface area contributed by atoms with Gasteiger partial charge < -0.3 is 15.5 Å². The molecule has 0 saturated heterocycles. The molecule has 5 nitrogen and oxygen atoms in total. The molecule has 0 radical (unpaired) electrons. The van der Waals surface area contributed by atoms with Crippen LogP contribution in [0.1, 0.15) is 76.6 Å². The van der Waals surface area contributed by atoms with E-state index in [0.29, 0.717) is 24.2 Å². The van der Waals surface area contributed by atoms with Crippen molar-refractivity contribution in [1.29, 1.82) is 0 Å². The Labute approximate surface area is 184 Å². The highest BCUT2D eigenvalue weighted by Gasteiger charge is 2.30. The van der Waals surface area contributed by atoms with Crippen molar-refractivity contribution in [3.63, 3.8) is 0 Å². The summed E-state index contributed by atoms with van der Waals surface area (Å²) < 4.78 is 0. The predicted octanol–water partition coefficient (Wildman–Crippen LogP) is 3.70. The quantitative estimate of drug-likeness (QED) is 0.725. The molecule has 2 heterocycles. The average molecular weight is 413 g/mol. The van der Waals surface area contributed by atoms with Gasteiger partial charge in [0, 0.05) is 44.3 Å². The molecule has 30 heavy (non-hydrogen) atoms.